The van der Waals surface area contributed by atoms with Crippen LogP contribution in [0.25, 0.3) is 0 Å². The third-order valence-electron chi connectivity index (χ3n) is 1.86. The molecule has 0 aliphatic rings. The first kappa shape index (κ1) is 16.4. The van der Waals surface area contributed by atoms with Gasteiger partial charge in [-0.15, -0.1) is 10.2 Å². The number of aliphatic hydroxyl groups is 1. The predicted octanol–water partition coefficient (Wildman–Crippen LogP) is -1.69. The Morgan fingerprint density at radius 2 is 2.10 bits per heavy atom. The number of amides is 1. The summed E-state index contributed by atoms with van der Waals surface area (Å²) in [5.41, 5.74) is 0. The van der Waals surface area contributed by atoms with Gasteiger partial charge in [0.1, 0.15) is 0 Å². The Bertz CT molecular complexity index is 598. The zero-order chi connectivity index (χ0) is 15.3. The fraction of sp³-hybridized carbons (Fsp3) is 0.500. The average Bonchev–Trinajstić information content (AvgIpc) is 2.83. The second-order valence-corrected chi connectivity index (χ2v) is 6.36. The molecule has 0 spiro atoms. The molecule has 12 heteroatoms. The number of hydrogen-bond donors (Lipinski definition) is 3. The number of anilines is 1. The van der Waals surface area contributed by atoms with Crippen LogP contribution < -0.4 is 10.0 Å². The minimum absolute atomic E-state index is 0.0198. The van der Waals surface area contributed by atoms with Crippen LogP contribution >= 0.6 is 11.3 Å². The molecule has 0 radical (unpaired) electrons. The highest BCUT2D eigenvalue weighted by atomic mass is 32.2. The van der Waals surface area contributed by atoms with E-state index in [0.717, 1.165) is 7.11 Å². The van der Waals surface area contributed by atoms with E-state index in [9.17, 15) is 23.1 Å². The largest absolute Gasteiger partial charge is 0.467 e. The molecule has 1 unspecified atom stereocenters. The van der Waals surface area contributed by atoms with Gasteiger partial charge in [-0.1, -0.05) is 11.3 Å². The molecule has 10 nitrogen and oxygen atoms in total. The van der Waals surface area contributed by atoms with Gasteiger partial charge in [0, 0.05) is 13.5 Å². The summed E-state index contributed by atoms with van der Waals surface area (Å²) >= 11 is 0.632. The summed E-state index contributed by atoms with van der Waals surface area (Å²) in [6.07, 6.45) is -1.63. The van der Waals surface area contributed by atoms with Crippen molar-refractivity contribution >= 4 is 38.4 Å². The molecule has 1 atom stereocenters. The normalized spacial score (nSPS) is 12.8. The van der Waals surface area contributed by atoms with Crippen LogP contribution in [0.1, 0.15) is 6.92 Å². The number of aromatic nitrogens is 2. The highest BCUT2D eigenvalue weighted by Gasteiger charge is 2.24. The number of nitrogens with zero attached hydrogens (tertiary/aromatic N) is 2. The summed E-state index contributed by atoms with van der Waals surface area (Å²) in [6.45, 7) is 0.671. The first-order valence-corrected chi connectivity index (χ1v) is 7.43. The molecule has 0 aliphatic carbocycles. The van der Waals surface area contributed by atoms with Crippen molar-refractivity contribution in [3.8, 4) is 0 Å². The van der Waals surface area contributed by atoms with E-state index >= 15 is 0 Å². The quantitative estimate of drug-likeness (QED) is 0.414. The summed E-state index contributed by atoms with van der Waals surface area (Å²) in [7, 11) is -2.98. The maximum absolute atomic E-state index is 11.8. The zero-order valence-electron chi connectivity index (χ0n) is 10.5. The van der Waals surface area contributed by atoms with Crippen LogP contribution in [0.5, 0.6) is 0 Å². The molecule has 112 valence electrons. The summed E-state index contributed by atoms with van der Waals surface area (Å²) < 4.78 is 29.3. The van der Waals surface area contributed by atoms with Gasteiger partial charge in [-0.05, 0) is 0 Å². The molecule has 3 N–H and O–H groups in total. The van der Waals surface area contributed by atoms with Crippen molar-refractivity contribution in [1.82, 2.24) is 14.9 Å². The number of ether oxygens (including phenoxy) is 1. The highest BCUT2D eigenvalue weighted by molar-refractivity contribution is 7.91. The highest BCUT2D eigenvalue weighted by Crippen LogP contribution is 2.19. The number of sulfonamides is 1. The van der Waals surface area contributed by atoms with Crippen LogP contribution in [0.4, 0.5) is 5.13 Å². The fourth-order valence-electron chi connectivity index (χ4n) is 0.989. The van der Waals surface area contributed by atoms with Gasteiger partial charge >= 0.3 is 5.97 Å². The van der Waals surface area contributed by atoms with E-state index in [1.165, 1.54) is 6.92 Å². The van der Waals surface area contributed by atoms with Gasteiger partial charge in [-0.25, -0.2) is 17.9 Å². The van der Waals surface area contributed by atoms with E-state index < -0.39 is 38.9 Å². The number of rotatable bonds is 6. The lowest BCUT2D eigenvalue weighted by Gasteiger charge is -2.08. The predicted molar refractivity (Wildman–Crippen MR) is 67.4 cm³/mol. The average molecular weight is 324 g/mol. The Kier molecular flexibility index (Phi) is 5.50. The second kappa shape index (κ2) is 6.69. The lowest BCUT2D eigenvalue weighted by atomic mass is 10.4. The third-order valence-corrected chi connectivity index (χ3v) is 4.49. The van der Waals surface area contributed by atoms with Gasteiger partial charge in [-0.2, -0.15) is 0 Å². The van der Waals surface area contributed by atoms with Crippen molar-refractivity contribution in [2.24, 2.45) is 0 Å². The third kappa shape index (κ3) is 4.48. The first-order valence-electron chi connectivity index (χ1n) is 5.13. The standard InChI is InChI=1S/C8H12N4O6S2/c1-4(13)10-7-11-12-8(19-7)20(16,17)9-3-5(14)6(15)18-2/h5,9,14H,3H2,1-2H3,(H,10,11,13). The molecule has 0 saturated heterocycles. The van der Waals surface area contributed by atoms with Crippen LogP contribution in [0.15, 0.2) is 4.34 Å². The van der Waals surface area contributed by atoms with Crippen LogP contribution in [0.3, 0.4) is 0 Å². The number of esters is 1. The molecular formula is C8H12N4O6S2. The zero-order valence-corrected chi connectivity index (χ0v) is 12.1. The fourth-order valence-corrected chi connectivity index (χ4v) is 3.01. The maximum Gasteiger partial charge on any atom is 0.336 e. The Balaban J connectivity index is 2.71. The van der Waals surface area contributed by atoms with Gasteiger partial charge in [0.2, 0.25) is 15.4 Å². The van der Waals surface area contributed by atoms with Crippen molar-refractivity contribution in [3.63, 3.8) is 0 Å². The Labute approximate surface area is 118 Å². The summed E-state index contributed by atoms with van der Waals surface area (Å²) in [4.78, 5) is 21.7. The van der Waals surface area contributed by atoms with Crippen LogP contribution in [-0.4, -0.2) is 55.4 Å². The summed E-state index contributed by atoms with van der Waals surface area (Å²) in [6, 6.07) is 0. The maximum atomic E-state index is 11.8. The Hall–Kier alpha value is -1.63. The lowest BCUT2D eigenvalue weighted by molar-refractivity contribution is -0.149. The van der Waals surface area contributed by atoms with Crippen LogP contribution in [0, 0.1) is 0 Å². The van der Waals surface area contributed by atoms with E-state index in [-0.39, 0.29) is 5.13 Å². The van der Waals surface area contributed by atoms with Gasteiger partial charge in [0.25, 0.3) is 10.0 Å². The summed E-state index contributed by atoms with van der Waals surface area (Å²) in [5, 5.41) is 18.4. The number of aliphatic hydroxyl groups excluding tert-OH is 1. The number of nitrogens with one attached hydrogen (secondary N) is 2. The van der Waals surface area contributed by atoms with Crippen molar-refractivity contribution in [2.75, 3.05) is 19.0 Å². The molecule has 1 amide bonds. The van der Waals surface area contributed by atoms with Gasteiger partial charge in [0.15, 0.2) is 6.10 Å². The smallest absolute Gasteiger partial charge is 0.336 e. The molecule has 0 fully saturated rings. The Morgan fingerprint density at radius 1 is 1.45 bits per heavy atom. The molecule has 1 rings (SSSR count). The summed E-state index contributed by atoms with van der Waals surface area (Å²) in [5.74, 6) is -1.39. The number of carbonyl (C=O) groups excluding carboxylic acids is 2. The minimum atomic E-state index is -4.04. The molecule has 0 aromatic carbocycles. The second-order valence-electron chi connectivity index (χ2n) is 3.45. The van der Waals surface area contributed by atoms with Crippen LogP contribution in [0.2, 0.25) is 0 Å². The van der Waals surface area contributed by atoms with Crippen molar-refractivity contribution < 1.29 is 27.9 Å². The first-order chi connectivity index (χ1) is 9.26. The van der Waals surface area contributed by atoms with Gasteiger partial charge in [0.05, 0.1) is 7.11 Å². The number of carbonyl (C=O) groups is 2. The molecule has 0 aliphatic heterocycles. The van der Waals surface area contributed by atoms with Gasteiger partial charge in [-0.3, -0.25) is 4.79 Å². The van der Waals surface area contributed by atoms with E-state index in [1.54, 1.807) is 0 Å². The molecule has 0 bridgehead atoms. The topological polar surface area (TPSA) is 148 Å². The van der Waals surface area contributed by atoms with Crippen molar-refractivity contribution in [1.29, 1.82) is 0 Å². The number of methoxy groups -OCH3 is 1. The molecule has 1 aromatic rings. The van der Waals surface area contributed by atoms with E-state index in [4.69, 9.17) is 0 Å². The monoisotopic (exact) mass is 324 g/mol. The van der Waals surface area contributed by atoms with Crippen molar-refractivity contribution in [3.05, 3.63) is 0 Å². The molecular weight excluding hydrogens is 312 g/mol. The van der Waals surface area contributed by atoms with E-state index in [1.807, 2.05) is 4.72 Å². The molecule has 1 heterocycles. The lowest BCUT2D eigenvalue weighted by Crippen LogP contribution is -2.37. The van der Waals surface area contributed by atoms with E-state index in [0.29, 0.717) is 11.3 Å². The van der Waals surface area contributed by atoms with E-state index in [2.05, 4.69) is 20.3 Å². The minimum Gasteiger partial charge on any atom is -0.467 e. The SMILES string of the molecule is COC(=O)C(O)CNS(=O)(=O)c1nnc(NC(C)=O)s1. The molecule has 0 saturated carbocycles. The van der Waals surface area contributed by atoms with Crippen molar-refractivity contribution in [2.45, 2.75) is 17.4 Å². The molecule has 20 heavy (non-hydrogen) atoms. The van der Waals surface area contributed by atoms with Crippen LogP contribution in [-0.2, 0) is 24.3 Å². The number of hydrogen-bond acceptors (Lipinski definition) is 9. The molecule has 1 aromatic heterocycles. The Morgan fingerprint density at radius 3 is 2.65 bits per heavy atom. The van der Waals surface area contributed by atoms with Gasteiger partial charge < -0.3 is 15.2 Å².